The van der Waals surface area contributed by atoms with Crippen molar-refractivity contribution in [3.05, 3.63) is 16.1 Å². The second-order valence-corrected chi connectivity index (χ2v) is 5.47. The molecule has 1 aromatic rings. The summed E-state index contributed by atoms with van der Waals surface area (Å²) in [6, 6.07) is 0.600. The van der Waals surface area contributed by atoms with E-state index in [0.29, 0.717) is 6.04 Å². The van der Waals surface area contributed by atoms with Crippen molar-refractivity contribution in [2.75, 3.05) is 11.4 Å². The van der Waals surface area contributed by atoms with Crippen molar-refractivity contribution in [2.45, 2.75) is 38.3 Å². The van der Waals surface area contributed by atoms with Gasteiger partial charge in [-0.15, -0.1) is 0 Å². The van der Waals surface area contributed by atoms with Gasteiger partial charge in [0, 0.05) is 24.8 Å². The van der Waals surface area contributed by atoms with Gasteiger partial charge in [0.25, 0.3) is 0 Å². The summed E-state index contributed by atoms with van der Waals surface area (Å²) in [6.45, 7) is 3.14. The van der Waals surface area contributed by atoms with Crippen molar-refractivity contribution in [3.63, 3.8) is 0 Å². The fourth-order valence-electron chi connectivity index (χ4n) is 2.28. The fourth-order valence-corrected chi connectivity index (χ4v) is 2.89. The molecule has 2 atom stereocenters. The first-order valence-corrected chi connectivity index (χ1v) is 6.75. The van der Waals surface area contributed by atoms with Gasteiger partial charge >= 0.3 is 0 Å². The van der Waals surface area contributed by atoms with E-state index < -0.39 is 0 Å². The van der Waals surface area contributed by atoms with E-state index >= 15 is 0 Å². The molecule has 0 aromatic carbocycles. The minimum atomic E-state index is 0.186. The largest absolute Gasteiger partial charge is 0.351 e. The van der Waals surface area contributed by atoms with Gasteiger partial charge in [-0.3, -0.25) is 0 Å². The van der Waals surface area contributed by atoms with E-state index in [-0.39, 0.29) is 6.04 Å². The zero-order chi connectivity index (χ0) is 11.5. The molecule has 0 radical (unpaired) electrons. The molecule has 1 saturated heterocycles. The third-order valence-corrected chi connectivity index (χ3v) is 3.84. The molecule has 2 rings (SSSR count). The van der Waals surface area contributed by atoms with Crippen LogP contribution in [0.3, 0.4) is 0 Å². The Morgan fingerprint density at radius 2 is 2.38 bits per heavy atom. The number of halogens is 1. The highest BCUT2D eigenvalue weighted by atomic mass is 127. The SMILES string of the molecule is CC(N)C1CCCCN1c1ncncc1I. The summed E-state index contributed by atoms with van der Waals surface area (Å²) in [5.74, 6) is 1.04. The Morgan fingerprint density at radius 1 is 1.56 bits per heavy atom. The molecule has 0 amide bonds. The van der Waals surface area contributed by atoms with Crippen molar-refractivity contribution < 1.29 is 0 Å². The first-order chi connectivity index (χ1) is 7.70. The molecule has 1 aliphatic rings. The highest BCUT2D eigenvalue weighted by Gasteiger charge is 2.27. The van der Waals surface area contributed by atoms with E-state index in [2.05, 4.69) is 44.4 Å². The molecule has 2 heterocycles. The number of rotatable bonds is 2. The van der Waals surface area contributed by atoms with Crippen LogP contribution in [0.2, 0.25) is 0 Å². The van der Waals surface area contributed by atoms with Crippen molar-refractivity contribution in [1.29, 1.82) is 0 Å². The predicted molar refractivity (Wildman–Crippen MR) is 73.4 cm³/mol. The molecule has 0 saturated carbocycles. The fraction of sp³-hybridized carbons (Fsp3) is 0.636. The number of aromatic nitrogens is 2. The number of hydrogen-bond acceptors (Lipinski definition) is 4. The van der Waals surface area contributed by atoms with Crippen LogP contribution in [0.5, 0.6) is 0 Å². The molecule has 0 aliphatic carbocycles. The first-order valence-electron chi connectivity index (χ1n) is 5.68. The Labute approximate surface area is 110 Å². The lowest BCUT2D eigenvalue weighted by Gasteiger charge is -2.39. The van der Waals surface area contributed by atoms with Crippen LogP contribution in [0, 0.1) is 3.57 Å². The third-order valence-electron chi connectivity index (χ3n) is 3.08. The number of anilines is 1. The number of piperidine rings is 1. The van der Waals surface area contributed by atoms with Gasteiger partial charge in [0.15, 0.2) is 0 Å². The molecule has 1 aromatic heterocycles. The summed E-state index contributed by atoms with van der Waals surface area (Å²) < 4.78 is 1.10. The van der Waals surface area contributed by atoms with E-state index in [0.717, 1.165) is 22.4 Å². The summed E-state index contributed by atoms with van der Waals surface area (Å²) in [6.07, 6.45) is 7.13. The maximum atomic E-state index is 6.06. The zero-order valence-electron chi connectivity index (χ0n) is 9.43. The second kappa shape index (κ2) is 5.27. The van der Waals surface area contributed by atoms with Gasteiger partial charge in [-0.05, 0) is 48.8 Å². The Hall–Kier alpha value is -0.430. The molecule has 0 spiro atoms. The minimum absolute atomic E-state index is 0.186. The standard InChI is InChI=1S/C11H17IN4/c1-8(13)10-4-2-3-5-16(10)11-9(12)6-14-7-15-11/h6-8,10H,2-5,13H2,1H3. The maximum Gasteiger partial charge on any atom is 0.145 e. The van der Waals surface area contributed by atoms with Crippen LogP contribution in [0.25, 0.3) is 0 Å². The molecule has 0 bridgehead atoms. The van der Waals surface area contributed by atoms with Gasteiger partial charge in [-0.1, -0.05) is 0 Å². The predicted octanol–water partition coefficient (Wildman–Crippen LogP) is 1.79. The van der Waals surface area contributed by atoms with E-state index in [1.54, 1.807) is 6.33 Å². The molecule has 2 unspecified atom stereocenters. The van der Waals surface area contributed by atoms with Crippen molar-refractivity contribution in [1.82, 2.24) is 9.97 Å². The van der Waals surface area contributed by atoms with Gasteiger partial charge < -0.3 is 10.6 Å². The smallest absolute Gasteiger partial charge is 0.145 e. The zero-order valence-corrected chi connectivity index (χ0v) is 11.6. The first kappa shape index (κ1) is 12.0. The third kappa shape index (κ3) is 2.45. The summed E-state index contributed by atoms with van der Waals surface area (Å²) >= 11 is 2.29. The van der Waals surface area contributed by atoms with Crippen LogP contribution < -0.4 is 10.6 Å². The van der Waals surface area contributed by atoms with Crippen LogP contribution in [-0.2, 0) is 0 Å². The highest BCUT2D eigenvalue weighted by Crippen LogP contribution is 2.27. The molecule has 16 heavy (non-hydrogen) atoms. The Bertz CT molecular complexity index is 356. The van der Waals surface area contributed by atoms with Crippen molar-refractivity contribution in [2.24, 2.45) is 5.73 Å². The van der Waals surface area contributed by atoms with Crippen LogP contribution in [0.15, 0.2) is 12.5 Å². The topological polar surface area (TPSA) is 55.0 Å². The average molecular weight is 332 g/mol. The number of nitrogens with zero attached hydrogens (tertiary/aromatic N) is 3. The molecule has 2 N–H and O–H groups in total. The van der Waals surface area contributed by atoms with Gasteiger partial charge in [-0.2, -0.15) is 0 Å². The van der Waals surface area contributed by atoms with E-state index in [4.69, 9.17) is 5.73 Å². The van der Waals surface area contributed by atoms with Gasteiger partial charge in [0.05, 0.1) is 3.57 Å². The van der Waals surface area contributed by atoms with Crippen LogP contribution in [0.4, 0.5) is 5.82 Å². The van der Waals surface area contributed by atoms with Crippen molar-refractivity contribution in [3.8, 4) is 0 Å². The lowest BCUT2D eigenvalue weighted by atomic mass is 9.97. The molecule has 5 heteroatoms. The van der Waals surface area contributed by atoms with E-state index in [9.17, 15) is 0 Å². The summed E-state index contributed by atoms with van der Waals surface area (Å²) in [5.41, 5.74) is 6.06. The lowest BCUT2D eigenvalue weighted by Crippen LogP contribution is -2.49. The maximum absolute atomic E-state index is 6.06. The second-order valence-electron chi connectivity index (χ2n) is 4.31. The van der Waals surface area contributed by atoms with Gasteiger partial charge in [-0.25, -0.2) is 9.97 Å². The molecular weight excluding hydrogens is 315 g/mol. The highest BCUT2D eigenvalue weighted by molar-refractivity contribution is 14.1. The van der Waals surface area contributed by atoms with Crippen LogP contribution in [0.1, 0.15) is 26.2 Å². The Kier molecular flexibility index (Phi) is 3.96. The normalized spacial score (nSPS) is 23.2. The molecule has 1 fully saturated rings. The van der Waals surface area contributed by atoms with Gasteiger partial charge in [0.2, 0.25) is 0 Å². The van der Waals surface area contributed by atoms with E-state index in [1.807, 2.05) is 6.20 Å². The number of hydrogen-bond donors (Lipinski definition) is 1. The minimum Gasteiger partial charge on any atom is -0.351 e. The van der Waals surface area contributed by atoms with Crippen LogP contribution in [-0.4, -0.2) is 28.6 Å². The van der Waals surface area contributed by atoms with Gasteiger partial charge in [0.1, 0.15) is 12.1 Å². The summed E-state index contributed by atoms with van der Waals surface area (Å²) in [5, 5.41) is 0. The Morgan fingerprint density at radius 3 is 3.06 bits per heavy atom. The summed E-state index contributed by atoms with van der Waals surface area (Å²) in [4.78, 5) is 10.8. The Balaban J connectivity index is 2.27. The molecular formula is C11H17IN4. The molecule has 4 nitrogen and oxygen atoms in total. The molecule has 1 aliphatic heterocycles. The van der Waals surface area contributed by atoms with Crippen molar-refractivity contribution >= 4 is 28.4 Å². The lowest BCUT2D eigenvalue weighted by molar-refractivity contribution is 0.410. The van der Waals surface area contributed by atoms with E-state index in [1.165, 1.54) is 12.8 Å². The number of nitrogens with two attached hydrogens (primary N) is 1. The monoisotopic (exact) mass is 332 g/mol. The quantitative estimate of drug-likeness (QED) is 0.839. The average Bonchev–Trinajstić information content (AvgIpc) is 2.29. The van der Waals surface area contributed by atoms with Crippen LogP contribution >= 0.6 is 22.6 Å². The summed E-state index contributed by atoms with van der Waals surface area (Å²) in [7, 11) is 0. The molecule has 88 valence electrons.